The van der Waals surface area contributed by atoms with Crippen LogP contribution in [0.5, 0.6) is 0 Å². The summed E-state index contributed by atoms with van der Waals surface area (Å²) in [4.78, 5) is 1.05. The molecule has 0 radical (unpaired) electrons. The first-order chi connectivity index (χ1) is 6.24. The lowest BCUT2D eigenvalue weighted by atomic mass is 10.3. The highest BCUT2D eigenvalue weighted by atomic mass is 35.5. The molecule has 0 bridgehead atoms. The van der Waals surface area contributed by atoms with Crippen molar-refractivity contribution in [2.24, 2.45) is 0 Å². The molecule has 1 aromatic carbocycles. The summed E-state index contributed by atoms with van der Waals surface area (Å²) >= 11 is 7.53. The van der Waals surface area contributed by atoms with Gasteiger partial charge in [-0.3, -0.25) is 0 Å². The van der Waals surface area contributed by atoms with Crippen molar-refractivity contribution in [3.63, 3.8) is 0 Å². The predicted molar refractivity (Wildman–Crippen MR) is 61.4 cm³/mol. The van der Waals surface area contributed by atoms with Gasteiger partial charge in [0.05, 0.1) is 0 Å². The van der Waals surface area contributed by atoms with Crippen LogP contribution in [0.1, 0.15) is 6.92 Å². The molecule has 0 aliphatic carbocycles. The van der Waals surface area contributed by atoms with E-state index in [2.05, 4.69) is 6.08 Å². The van der Waals surface area contributed by atoms with Crippen LogP contribution in [0.15, 0.2) is 35.2 Å². The normalized spacial score (nSPS) is 10.9. The van der Waals surface area contributed by atoms with E-state index in [0.717, 1.165) is 21.4 Å². The Morgan fingerprint density at radius 3 is 3.00 bits per heavy atom. The second-order valence-electron chi connectivity index (χ2n) is 2.56. The molecular weight excluding hydrogens is 202 g/mol. The third-order valence-corrected chi connectivity index (χ3v) is 2.81. The molecule has 0 unspecified atom stereocenters. The van der Waals surface area contributed by atoms with Crippen LogP contribution in [0.4, 0.5) is 5.69 Å². The molecule has 0 spiro atoms. The van der Waals surface area contributed by atoms with E-state index in [0.29, 0.717) is 0 Å². The zero-order valence-electron chi connectivity index (χ0n) is 7.46. The first kappa shape index (κ1) is 10.5. The maximum absolute atomic E-state index is 5.84. The predicted octanol–water partition coefficient (Wildman–Crippen LogP) is 3.59. The van der Waals surface area contributed by atoms with Crippen LogP contribution >= 0.6 is 23.4 Å². The van der Waals surface area contributed by atoms with Crippen LogP contribution in [0.2, 0.25) is 5.02 Å². The zero-order chi connectivity index (χ0) is 9.68. The molecule has 1 nitrogen and oxygen atoms in total. The number of nitrogens with two attached hydrogens (primary N) is 1. The average Bonchev–Trinajstić information content (AvgIpc) is 2.11. The minimum absolute atomic E-state index is 0.733. The van der Waals surface area contributed by atoms with Crippen LogP contribution in [0, 0.1) is 0 Å². The number of halogens is 1. The van der Waals surface area contributed by atoms with E-state index in [4.69, 9.17) is 17.3 Å². The van der Waals surface area contributed by atoms with Crippen molar-refractivity contribution in [1.29, 1.82) is 0 Å². The van der Waals surface area contributed by atoms with Gasteiger partial charge in [-0.05, 0) is 25.1 Å². The minimum Gasteiger partial charge on any atom is -0.398 e. The van der Waals surface area contributed by atoms with Gasteiger partial charge in [0.2, 0.25) is 0 Å². The summed E-state index contributed by atoms with van der Waals surface area (Å²) < 4.78 is 0. The third kappa shape index (κ3) is 3.33. The van der Waals surface area contributed by atoms with Gasteiger partial charge < -0.3 is 5.73 Å². The Morgan fingerprint density at radius 2 is 2.31 bits per heavy atom. The van der Waals surface area contributed by atoms with Crippen molar-refractivity contribution in [2.45, 2.75) is 11.8 Å². The Morgan fingerprint density at radius 1 is 1.54 bits per heavy atom. The summed E-state index contributed by atoms with van der Waals surface area (Å²) in [5.41, 5.74) is 6.56. The van der Waals surface area contributed by atoms with E-state index in [1.807, 2.05) is 25.1 Å². The average molecular weight is 214 g/mol. The molecule has 0 saturated carbocycles. The highest BCUT2D eigenvalue weighted by molar-refractivity contribution is 7.99. The van der Waals surface area contributed by atoms with Crippen molar-refractivity contribution in [1.82, 2.24) is 0 Å². The fourth-order valence-electron chi connectivity index (χ4n) is 0.867. The summed E-state index contributed by atoms with van der Waals surface area (Å²) in [6.07, 6.45) is 4.11. The number of hydrogen-bond acceptors (Lipinski definition) is 2. The molecule has 0 aromatic heterocycles. The van der Waals surface area contributed by atoms with E-state index in [9.17, 15) is 0 Å². The minimum atomic E-state index is 0.733. The first-order valence-corrected chi connectivity index (χ1v) is 5.39. The summed E-state index contributed by atoms with van der Waals surface area (Å²) in [6.45, 7) is 2.00. The summed E-state index contributed by atoms with van der Waals surface area (Å²) in [5.74, 6) is 0.932. The molecule has 0 aliphatic rings. The number of hydrogen-bond donors (Lipinski definition) is 1. The van der Waals surface area contributed by atoms with Gasteiger partial charge in [0, 0.05) is 21.4 Å². The molecular formula is C10H12ClNS. The Bertz CT molecular complexity index is 310. The van der Waals surface area contributed by atoms with Gasteiger partial charge in [-0.25, -0.2) is 0 Å². The van der Waals surface area contributed by atoms with Gasteiger partial charge in [-0.15, -0.1) is 11.8 Å². The maximum atomic E-state index is 5.84. The Hall–Kier alpha value is -0.600. The van der Waals surface area contributed by atoms with E-state index in [1.165, 1.54) is 0 Å². The molecule has 2 N–H and O–H groups in total. The summed E-state index contributed by atoms with van der Waals surface area (Å²) in [7, 11) is 0. The van der Waals surface area contributed by atoms with Gasteiger partial charge in [0.15, 0.2) is 0 Å². The lowest BCUT2D eigenvalue weighted by Gasteiger charge is -2.03. The molecule has 0 saturated heterocycles. The number of nitrogen functional groups attached to an aromatic ring is 1. The summed E-state index contributed by atoms with van der Waals surface area (Å²) in [5, 5.41) is 0.733. The number of benzene rings is 1. The molecule has 0 heterocycles. The molecule has 3 heteroatoms. The van der Waals surface area contributed by atoms with Crippen LogP contribution in [-0.2, 0) is 0 Å². The second-order valence-corrected chi connectivity index (χ2v) is 4.06. The van der Waals surface area contributed by atoms with Crippen molar-refractivity contribution in [3.05, 3.63) is 35.4 Å². The van der Waals surface area contributed by atoms with E-state index >= 15 is 0 Å². The molecule has 1 aromatic rings. The SMILES string of the molecule is C/C=C/CSc1cc(Cl)ccc1N. The van der Waals surface area contributed by atoms with Gasteiger partial charge in [-0.2, -0.15) is 0 Å². The number of anilines is 1. The van der Waals surface area contributed by atoms with Gasteiger partial charge in [0.1, 0.15) is 0 Å². The van der Waals surface area contributed by atoms with Gasteiger partial charge in [-0.1, -0.05) is 23.8 Å². The molecule has 0 atom stereocenters. The zero-order valence-corrected chi connectivity index (χ0v) is 9.03. The van der Waals surface area contributed by atoms with E-state index in [-0.39, 0.29) is 0 Å². The molecule has 1 rings (SSSR count). The van der Waals surface area contributed by atoms with E-state index in [1.54, 1.807) is 17.8 Å². The Kier molecular flexibility index (Phi) is 4.19. The first-order valence-electron chi connectivity index (χ1n) is 4.03. The van der Waals surface area contributed by atoms with Crippen molar-refractivity contribution in [2.75, 3.05) is 11.5 Å². The van der Waals surface area contributed by atoms with Crippen LogP contribution < -0.4 is 5.73 Å². The second kappa shape index (κ2) is 5.20. The molecule has 70 valence electrons. The molecule has 0 fully saturated rings. The monoisotopic (exact) mass is 213 g/mol. The standard InChI is InChI=1S/C10H12ClNS/c1-2-3-6-13-10-7-8(11)4-5-9(10)12/h2-5,7H,6,12H2,1H3/b3-2+. The third-order valence-electron chi connectivity index (χ3n) is 1.55. The van der Waals surface area contributed by atoms with Crippen LogP contribution in [-0.4, -0.2) is 5.75 Å². The quantitative estimate of drug-likeness (QED) is 0.472. The smallest absolute Gasteiger partial charge is 0.0453 e. The summed E-state index contributed by atoms with van der Waals surface area (Å²) in [6, 6.07) is 5.53. The Balaban J connectivity index is 2.69. The van der Waals surface area contributed by atoms with Crippen molar-refractivity contribution in [3.8, 4) is 0 Å². The highest BCUT2D eigenvalue weighted by Crippen LogP contribution is 2.27. The maximum Gasteiger partial charge on any atom is 0.0453 e. The van der Waals surface area contributed by atoms with Crippen LogP contribution in [0.3, 0.4) is 0 Å². The fourth-order valence-corrected chi connectivity index (χ4v) is 2.02. The number of rotatable bonds is 3. The van der Waals surface area contributed by atoms with Crippen molar-refractivity contribution < 1.29 is 0 Å². The number of thioether (sulfide) groups is 1. The number of allylic oxidation sites excluding steroid dienone is 1. The van der Waals surface area contributed by atoms with Gasteiger partial charge >= 0.3 is 0 Å². The van der Waals surface area contributed by atoms with Gasteiger partial charge in [0.25, 0.3) is 0 Å². The molecule has 0 aliphatic heterocycles. The fraction of sp³-hybridized carbons (Fsp3) is 0.200. The largest absolute Gasteiger partial charge is 0.398 e. The van der Waals surface area contributed by atoms with Crippen LogP contribution in [0.25, 0.3) is 0 Å². The topological polar surface area (TPSA) is 26.0 Å². The highest BCUT2D eigenvalue weighted by Gasteiger charge is 1.98. The van der Waals surface area contributed by atoms with E-state index < -0.39 is 0 Å². The molecule has 0 amide bonds. The Labute approximate surface area is 88.0 Å². The lowest BCUT2D eigenvalue weighted by Crippen LogP contribution is -1.88. The molecule has 13 heavy (non-hydrogen) atoms. The lowest BCUT2D eigenvalue weighted by molar-refractivity contribution is 1.46. The van der Waals surface area contributed by atoms with Crippen molar-refractivity contribution >= 4 is 29.1 Å².